The number of carbonyl (C=O) groups excluding carboxylic acids is 2. The van der Waals surface area contributed by atoms with Crippen molar-refractivity contribution in [3.05, 3.63) is 34.2 Å². The lowest BCUT2D eigenvalue weighted by Crippen LogP contribution is -2.29. The third-order valence-electron chi connectivity index (χ3n) is 3.90. The summed E-state index contributed by atoms with van der Waals surface area (Å²) in [6.45, 7) is 7.67. The van der Waals surface area contributed by atoms with E-state index in [2.05, 4.69) is 0 Å². The van der Waals surface area contributed by atoms with Gasteiger partial charge in [-0.05, 0) is 39.3 Å². The van der Waals surface area contributed by atoms with Crippen molar-refractivity contribution in [2.24, 2.45) is 0 Å². The fourth-order valence-electron chi connectivity index (χ4n) is 2.80. The molecule has 0 aliphatic rings. The zero-order valence-corrected chi connectivity index (χ0v) is 14.7. The van der Waals surface area contributed by atoms with E-state index in [9.17, 15) is 14.4 Å². The van der Waals surface area contributed by atoms with Crippen LogP contribution in [0.3, 0.4) is 0 Å². The number of hydrogen-bond donors (Lipinski definition) is 0. The van der Waals surface area contributed by atoms with Crippen molar-refractivity contribution in [2.45, 2.75) is 53.0 Å². The lowest BCUT2D eigenvalue weighted by molar-refractivity contribution is 0.0528. The van der Waals surface area contributed by atoms with E-state index >= 15 is 0 Å². The van der Waals surface area contributed by atoms with Crippen LogP contribution in [0.15, 0.2) is 23.0 Å². The van der Waals surface area contributed by atoms with Gasteiger partial charge in [-0.25, -0.2) is 14.2 Å². The number of esters is 1. The summed E-state index contributed by atoms with van der Waals surface area (Å²) in [5.74, 6) is -0.733. The summed E-state index contributed by atoms with van der Waals surface area (Å²) < 4.78 is 7.78. The summed E-state index contributed by atoms with van der Waals surface area (Å²) in [7, 11) is 0. The van der Waals surface area contributed by atoms with Crippen molar-refractivity contribution in [3.63, 3.8) is 0 Å². The van der Waals surface area contributed by atoms with Gasteiger partial charge >= 0.3 is 11.7 Å². The fraction of sp³-hybridized carbons (Fsp3) is 0.500. The molecule has 1 aromatic heterocycles. The van der Waals surface area contributed by atoms with Gasteiger partial charge in [-0.1, -0.05) is 19.4 Å². The zero-order chi connectivity index (χ0) is 17.9. The van der Waals surface area contributed by atoms with Gasteiger partial charge in [0, 0.05) is 12.5 Å². The van der Waals surface area contributed by atoms with Gasteiger partial charge in [0.05, 0.1) is 23.2 Å². The van der Waals surface area contributed by atoms with E-state index in [0.717, 1.165) is 12.8 Å². The Morgan fingerprint density at radius 1 is 1.21 bits per heavy atom. The molecule has 130 valence electrons. The summed E-state index contributed by atoms with van der Waals surface area (Å²) in [5, 5.41) is 0. The van der Waals surface area contributed by atoms with Crippen LogP contribution in [0.1, 0.15) is 68.2 Å². The second kappa shape index (κ2) is 7.47. The Hall–Kier alpha value is -2.37. The number of unbranched alkanes of at least 4 members (excludes halogenated alkanes) is 1. The third-order valence-corrected chi connectivity index (χ3v) is 3.90. The van der Waals surface area contributed by atoms with Crippen LogP contribution < -0.4 is 5.69 Å². The van der Waals surface area contributed by atoms with Crippen LogP contribution in [-0.4, -0.2) is 27.6 Å². The number of imidazole rings is 1. The van der Waals surface area contributed by atoms with Crippen molar-refractivity contribution >= 4 is 22.9 Å². The number of benzene rings is 1. The van der Waals surface area contributed by atoms with Gasteiger partial charge in [0.1, 0.15) is 0 Å². The molecule has 0 aliphatic heterocycles. The Morgan fingerprint density at radius 3 is 2.50 bits per heavy atom. The maximum atomic E-state index is 12.8. The van der Waals surface area contributed by atoms with E-state index in [1.807, 2.05) is 20.8 Å². The fourth-order valence-corrected chi connectivity index (χ4v) is 2.80. The smallest absolute Gasteiger partial charge is 0.340 e. The first-order chi connectivity index (χ1) is 11.4. The molecular weight excluding hydrogens is 308 g/mol. The van der Waals surface area contributed by atoms with Gasteiger partial charge in [0.2, 0.25) is 5.91 Å². The molecule has 0 spiro atoms. The van der Waals surface area contributed by atoms with E-state index < -0.39 is 11.7 Å². The van der Waals surface area contributed by atoms with E-state index in [0.29, 0.717) is 23.0 Å². The van der Waals surface area contributed by atoms with Crippen LogP contribution in [0.4, 0.5) is 0 Å². The monoisotopic (exact) mass is 332 g/mol. The Balaban J connectivity index is 2.76. The number of aromatic nitrogens is 2. The van der Waals surface area contributed by atoms with Crippen LogP contribution in [0.5, 0.6) is 0 Å². The molecule has 0 saturated heterocycles. The number of rotatable bonds is 6. The average molecular weight is 332 g/mol. The Labute approximate surface area is 141 Å². The largest absolute Gasteiger partial charge is 0.462 e. The van der Waals surface area contributed by atoms with Crippen LogP contribution in [-0.2, 0) is 4.74 Å². The third kappa shape index (κ3) is 3.13. The number of nitrogens with zero attached hydrogens (tertiary/aromatic N) is 2. The number of ether oxygens (including phenoxy) is 1. The maximum absolute atomic E-state index is 12.8. The van der Waals surface area contributed by atoms with Crippen molar-refractivity contribution in [2.75, 3.05) is 6.61 Å². The van der Waals surface area contributed by atoms with Gasteiger partial charge in [-0.2, -0.15) is 0 Å². The second-order valence-electron chi connectivity index (χ2n) is 5.97. The highest BCUT2D eigenvalue weighted by atomic mass is 16.5. The topological polar surface area (TPSA) is 70.3 Å². The summed E-state index contributed by atoms with van der Waals surface area (Å²) >= 11 is 0. The average Bonchev–Trinajstić information content (AvgIpc) is 2.84. The first-order valence-electron chi connectivity index (χ1n) is 8.40. The van der Waals surface area contributed by atoms with Crippen molar-refractivity contribution in [3.8, 4) is 0 Å². The molecule has 0 bridgehead atoms. The van der Waals surface area contributed by atoms with Crippen molar-refractivity contribution in [1.82, 2.24) is 9.13 Å². The highest BCUT2D eigenvalue weighted by Crippen LogP contribution is 2.22. The van der Waals surface area contributed by atoms with E-state index in [1.54, 1.807) is 25.1 Å². The maximum Gasteiger partial charge on any atom is 0.340 e. The van der Waals surface area contributed by atoms with Crippen LogP contribution >= 0.6 is 0 Å². The van der Waals surface area contributed by atoms with Crippen molar-refractivity contribution < 1.29 is 14.3 Å². The highest BCUT2D eigenvalue weighted by Gasteiger charge is 2.24. The molecule has 6 nitrogen and oxygen atoms in total. The molecule has 0 aliphatic carbocycles. The Morgan fingerprint density at radius 2 is 1.92 bits per heavy atom. The van der Waals surface area contributed by atoms with Crippen molar-refractivity contribution in [1.29, 1.82) is 0 Å². The summed E-state index contributed by atoms with van der Waals surface area (Å²) in [6, 6.07) is 4.81. The highest BCUT2D eigenvalue weighted by molar-refractivity contribution is 6.04. The molecular formula is C18H24N2O4. The van der Waals surface area contributed by atoms with Crippen LogP contribution in [0.2, 0.25) is 0 Å². The Kier molecular flexibility index (Phi) is 5.59. The first-order valence-corrected chi connectivity index (χ1v) is 8.40. The summed E-state index contributed by atoms with van der Waals surface area (Å²) in [6.07, 6.45) is 1.89. The molecule has 2 aromatic rings. The zero-order valence-electron chi connectivity index (χ0n) is 14.7. The Bertz CT molecular complexity index is 814. The van der Waals surface area contributed by atoms with Crippen LogP contribution in [0, 0.1) is 0 Å². The molecule has 24 heavy (non-hydrogen) atoms. The lowest BCUT2D eigenvalue weighted by atomic mass is 10.1. The molecule has 2 rings (SSSR count). The normalized spacial score (nSPS) is 11.2. The predicted molar refractivity (Wildman–Crippen MR) is 92.7 cm³/mol. The van der Waals surface area contributed by atoms with Gasteiger partial charge in [-0.3, -0.25) is 9.36 Å². The van der Waals surface area contributed by atoms with E-state index in [1.165, 1.54) is 9.13 Å². The molecule has 0 atom stereocenters. The molecule has 1 heterocycles. The lowest BCUT2D eigenvalue weighted by Gasteiger charge is -2.10. The second-order valence-corrected chi connectivity index (χ2v) is 5.97. The minimum absolute atomic E-state index is 0.184. The van der Waals surface area contributed by atoms with Crippen LogP contribution in [0.25, 0.3) is 11.0 Å². The molecule has 0 saturated carbocycles. The SMILES string of the molecule is CCCCC(=O)n1c(=O)n(C(C)C)c2c(C(=O)OCC)cccc21. The molecule has 0 N–H and O–H groups in total. The minimum Gasteiger partial charge on any atom is -0.462 e. The number of hydrogen-bond acceptors (Lipinski definition) is 4. The predicted octanol–water partition coefficient (Wildman–Crippen LogP) is 3.39. The van der Waals surface area contributed by atoms with Gasteiger partial charge in [0.25, 0.3) is 0 Å². The quantitative estimate of drug-likeness (QED) is 0.760. The number of para-hydroxylation sites is 1. The minimum atomic E-state index is -0.490. The van der Waals surface area contributed by atoms with Gasteiger partial charge in [-0.15, -0.1) is 0 Å². The number of carbonyl (C=O) groups is 2. The van der Waals surface area contributed by atoms with E-state index in [4.69, 9.17) is 4.74 Å². The molecule has 0 radical (unpaired) electrons. The van der Waals surface area contributed by atoms with Gasteiger partial charge in [0.15, 0.2) is 0 Å². The first kappa shape index (κ1) is 18.0. The standard InChI is InChI=1S/C18H24N2O4/c1-5-7-11-15(21)20-14-10-8-9-13(17(22)24-6-2)16(14)19(12(3)4)18(20)23/h8-10,12H,5-7,11H2,1-4H3. The molecule has 0 unspecified atom stereocenters. The molecule has 6 heteroatoms. The summed E-state index contributed by atoms with van der Waals surface area (Å²) in [5.41, 5.74) is 0.821. The molecule has 1 aromatic carbocycles. The molecule has 0 amide bonds. The molecule has 0 fully saturated rings. The van der Waals surface area contributed by atoms with Gasteiger partial charge < -0.3 is 4.74 Å². The summed E-state index contributed by atoms with van der Waals surface area (Å²) in [4.78, 5) is 37.6. The van der Waals surface area contributed by atoms with E-state index in [-0.39, 0.29) is 18.6 Å². The number of fused-ring (bicyclic) bond motifs is 1.